The van der Waals surface area contributed by atoms with Gasteiger partial charge in [0.15, 0.2) is 0 Å². The van der Waals surface area contributed by atoms with Gasteiger partial charge in [-0.1, -0.05) is 12.1 Å². The van der Waals surface area contributed by atoms with E-state index in [1.54, 1.807) is 0 Å². The number of nitrogens with one attached hydrogen (secondary N) is 1. The molecule has 3 rings (SSSR count). The second kappa shape index (κ2) is 5.00. The summed E-state index contributed by atoms with van der Waals surface area (Å²) < 4.78 is 37.7. The van der Waals surface area contributed by atoms with Crippen molar-refractivity contribution in [3.05, 3.63) is 35.4 Å². The van der Waals surface area contributed by atoms with Gasteiger partial charge in [0, 0.05) is 6.54 Å². The largest absolute Gasteiger partial charge is 0.416 e. The predicted molar refractivity (Wildman–Crippen MR) is 71.6 cm³/mol. The summed E-state index contributed by atoms with van der Waals surface area (Å²) in [4.78, 5) is 25.7. The van der Waals surface area contributed by atoms with E-state index >= 15 is 0 Å². The maximum Gasteiger partial charge on any atom is 0.416 e. The van der Waals surface area contributed by atoms with Gasteiger partial charge in [-0.2, -0.15) is 13.2 Å². The molecule has 1 N–H and O–H groups in total. The quantitative estimate of drug-likeness (QED) is 0.909. The van der Waals surface area contributed by atoms with E-state index in [0.717, 1.165) is 18.6 Å². The normalized spacial score (nSPS) is 20.8. The molecule has 7 heteroatoms. The van der Waals surface area contributed by atoms with Crippen LogP contribution in [0.5, 0.6) is 0 Å². The van der Waals surface area contributed by atoms with Gasteiger partial charge >= 0.3 is 6.18 Å². The van der Waals surface area contributed by atoms with Crippen molar-refractivity contribution in [1.82, 2.24) is 10.2 Å². The minimum absolute atomic E-state index is 0.0543. The molecule has 1 spiro atoms. The van der Waals surface area contributed by atoms with Crippen LogP contribution in [0.25, 0.3) is 0 Å². The SMILES string of the molecule is O=C1CNC(=O)C2(CCC2)N1Cc1ccc(C(F)(F)F)cc1. The first-order valence-corrected chi connectivity index (χ1v) is 7.08. The number of nitrogens with zero attached hydrogens (tertiary/aromatic N) is 1. The fourth-order valence-electron chi connectivity index (χ4n) is 3.01. The molecule has 1 aromatic rings. The summed E-state index contributed by atoms with van der Waals surface area (Å²) >= 11 is 0. The average molecular weight is 312 g/mol. The molecule has 2 fully saturated rings. The van der Waals surface area contributed by atoms with E-state index in [1.807, 2.05) is 0 Å². The second-order valence-corrected chi connectivity index (χ2v) is 5.74. The molecule has 1 aliphatic carbocycles. The molecule has 0 radical (unpaired) electrons. The molecule has 118 valence electrons. The van der Waals surface area contributed by atoms with Crippen molar-refractivity contribution in [3.8, 4) is 0 Å². The number of halogens is 3. The molecule has 2 amide bonds. The number of alkyl halides is 3. The summed E-state index contributed by atoms with van der Waals surface area (Å²) in [6, 6.07) is 4.71. The number of carbonyl (C=O) groups excluding carboxylic acids is 2. The first-order valence-electron chi connectivity index (χ1n) is 7.08. The van der Waals surface area contributed by atoms with Crippen molar-refractivity contribution >= 4 is 11.8 Å². The highest BCUT2D eigenvalue weighted by Crippen LogP contribution is 2.40. The zero-order chi connectivity index (χ0) is 16.0. The number of carbonyl (C=O) groups is 2. The number of piperazine rings is 1. The Morgan fingerprint density at radius 3 is 2.27 bits per heavy atom. The molecule has 0 atom stereocenters. The van der Waals surface area contributed by atoms with Gasteiger partial charge in [-0.05, 0) is 37.0 Å². The Labute approximate surface area is 125 Å². The van der Waals surface area contributed by atoms with E-state index in [9.17, 15) is 22.8 Å². The van der Waals surface area contributed by atoms with Crippen molar-refractivity contribution < 1.29 is 22.8 Å². The van der Waals surface area contributed by atoms with Gasteiger partial charge in [0.2, 0.25) is 11.8 Å². The summed E-state index contributed by atoms with van der Waals surface area (Å²) in [7, 11) is 0. The van der Waals surface area contributed by atoms with E-state index in [-0.39, 0.29) is 24.9 Å². The summed E-state index contributed by atoms with van der Waals surface area (Å²) in [5, 5.41) is 2.59. The van der Waals surface area contributed by atoms with Crippen LogP contribution >= 0.6 is 0 Å². The summed E-state index contributed by atoms with van der Waals surface area (Å²) in [5.41, 5.74) is -0.947. The zero-order valence-corrected chi connectivity index (χ0v) is 11.7. The Bertz CT molecular complexity index is 606. The van der Waals surface area contributed by atoms with Gasteiger partial charge in [0.1, 0.15) is 5.54 Å². The lowest BCUT2D eigenvalue weighted by Crippen LogP contribution is -2.69. The van der Waals surface area contributed by atoms with Crippen LogP contribution in [0, 0.1) is 0 Å². The molecule has 0 bridgehead atoms. The highest BCUT2D eigenvalue weighted by atomic mass is 19.4. The van der Waals surface area contributed by atoms with Crippen LogP contribution in [-0.4, -0.2) is 28.8 Å². The van der Waals surface area contributed by atoms with Crippen molar-refractivity contribution in [2.75, 3.05) is 6.54 Å². The standard InChI is InChI=1S/C15H15F3N2O2/c16-15(17,18)11-4-2-10(3-5-11)9-20-12(21)8-19-13(22)14(20)6-1-7-14/h2-5H,1,6-9H2,(H,19,22). The Hall–Kier alpha value is -2.05. The molecule has 22 heavy (non-hydrogen) atoms. The van der Waals surface area contributed by atoms with Crippen molar-refractivity contribution in [2.45, 2.75) is 37.5 Å². The molecular formula is C15H15F3N2O2. The van der Waals surface area contributed by atoms with Gasteiger partial charge in [-0.3, -0.25) is 9.59 Å². The van der Waals surface area contributed by atoms with Gasteiger partial charge in [0.05, 0.1) is 12.1 Å². The Balaban J connectivity index is 1.82. The molecular weight excluding hydrogens is 297 g/mol. The highest BCUT2D eigenvalue weighted by Gasteiger charge is 2.53. The first kappa shape index (κ1) is 14.9. The maximum absolute atomic E-state index is 12.6. The fraction of sp³-hybridized carbons (Fsp3) is 0.467. The molecule has 1 heterocycles. The number of hydrogen-bond donors (Lipinski definition) is 1. The Kier molecular flexibility index (Phi) is 3.38. The van der Waals surface area contributed by atoms with Crippen molar-refractivity contribution in [2.24, 2.45) is 0 Å². The Morgan fingerprint density at radius 1 is 1.14 bits per heavy atom. The van der Waals surface area contributed by atoms with Crippen molar-refractivity contribution in [3.63, 3.8) is 0 Å². The van der Waals surface area contributed by atoms with Gasteiger partial charge in [0.25, 0.3) is 0 Å². The number of hydrogen-bond acceptors (Lipinski definition) is 2. The van der Waals surface area contributed by atoms with E-state index in [2.05, 4.69) is 5.32 Å². The monoisotopic (exact) mass is 312 g/mol. The summed E-state index contributed by atoms with van der Waals surface area (Å²) in [5.74, 6) is -0.357. The highest BCUT2D eigenvalue weighted by molar-refractivity contribution is 5.98. The van der Waals surface area contributed by atoms with Gasteiger partial charge in [-0.15, -0.1) is 0 Å². The van der Waals surface area contributed by atoms with Crippen LogP contribution in [0.15, 0.2) is 24.3 Å². The Morgan fingerprint density at radius 2 is 1.77 bits per heavy atom. The lowest BCUT2D eigenvalue weighted by molar-refractivity contribution is -0.161. The fourth-order valence-corrected chi connectivity index (χ4v) is 3.01. The number of amides is 2. The van der Waals surface area contributed by atoms with Crippen LogP contribution in [-0.2, 0) is 22.3 Å². The molecule has 1 aromatic carbocycles. The summed E-state index contributed by atoms with van der Waals surface area (Å²) in [6.07, 6.45) is -2.31. The molecule has 0 aromatic heterocycles. The van der Waals surface area contributed by atoms with Gasteiger partial charge in [-0.25, -0.2) is 0 Å². The maximum atomic E-state index is 12.6. The number of benzene rings is 1. The molecule has 0 unspecified atom stereocenters. The molecule has 1 aliphatic heterocycles. The molecule has 1 saturated carbocycles. The third kappa shape index (κ3) is 2.34. The molecule has 4 nitrogen and oxygen atoms in total. The number of rotatable bonds is 2. The topological polar surface area (TPSA) is 49.4 Å². The summed E-state index contributed by atoms with van der Waals surface area (Å²) in [6.45, 7) is 0.103. The third-order valence-corrected chi connectivity index (χ3v) is 4.44. The average Bonchev–Trinajstić information content (AvgIpc) is 2.41. The predicted octanol–water partition coefficient (Wildman–Crippen LogP) is 2.09. The van der Waals surface area contributed by atoms with Crippen LogP contribution in [0.2, 0.25) is 0 Å². The lowest BCUT2D eigenvalue weighted by Gasteiger charge is -2.51. The van der Waals surface area contributed by atoms with Crippen LogP contribution < -0.4 is 5.32 Å². The van der Waals surface area contributed by atoms with Crippen LogP contribution in [0.4, 0.5) is 13.2 Å². The van der Waals surface area contributed by atoms with Crippen LogP contribution in [0.1, 0.15) is 30.4 Å². The zero-order valence-electron chi connectivity index (χ0n) is 11.7. The minimum Gasteiger partial charge on any atom is -0.345 e. The van der Waals surface area contributed by atoms with Gasteiger partial charge < -0.3 is 10.2 Å². The molecule has 2 aliphatic rings. The van der Waals surface area contributed by atoms with E-state index in [4.69, 9.17) is 0 Å². The van der Waals surface area contributed by atoms with E-state index < -0.39 is 17.3 Å². The smallest absolute Gasteiger partial charge is 0.345 e. The lowest BCUT2D eigenvalue weighted by atomic mass is 9.73. The second-order valence-electron chi connectivity index (χ2n) is 5.74. The van der Waals surface area contributed by atoms with Crippen molar-refractivity contribution in [1.29, 1.82) is 0 Å². The minimum atomic E-state index is -4.38. The molecule has 1 saturated heterocycles. The first-order chi connectivity index (χ1) is 10.3. The van der Waals surface area contributed by atoms with E-state index in [0.29, 0.717) is 18.4 Å². The third-order valence-electron chi connectivity index (χ3n) is 4.44. The van der Waals surface area contributed by atoms with E-state index in [1.165, 1.54) is 17.0 Å². The van der Waals surface area contributed by atoms with Crippen LogP contribution in [0.3, 0.4) is 0 Å².